The lowest BCUT2D eigenvalue weighted by Gasteiger charge is -2.12. The van der Waals surface area contributed by atoms with E-state index in [1.165, 1.54) is 0 Å². The summed E-state index contributed by atoms with van der Waals surface area (Å²) in [6.07, 6.45) is -4.32. The van der Waals surface area contributed by atoms with Gasteiger partial charge in [0.2, 0.25) is 0 Å². The lowest BCUT2D eigenvalue weighted by Crippen LogP contribution is -2.36. The Morgan fingerprint density at radius 2 is 1.89 bits per heavy atom. The molecule has 0 atom stereocenters. The second kappa shape index (κ2) is 10.1. The fourth-order valence-electron chi connectivity index (χ4n) is 2.38. The number of aromatic nitrogens is 1. The van der Waals surface area contributed by atoms with Crippen LogP contribution in [0.1, 0.15) is 42.3 Å². The second-order valence-electron chi connectivity index (χ2n) is 6.58. The number of nitrogens with zero attached hydrogens (tertiary/aromatic N) is 2. The number of ether oxygens (including phenoxy) is 1. The van der Waals surface area contributed by atoms with Crippen LogP contribution in [0.25, 0.3) is 0 Å². The van der Waals surface area contributed by atoms with Crippen LogP contribution >= 0.6 is 0 Å². The first kappa shape index (κ1) is 21.7. The van der Waals surface area contributed by atoms with Gasteiger partial charge in [0.15, 0.2) is 11.7 Å². The van der Waals surface area contributed by atoms with Crippen molar-refractivity contribution in [1.29, 1.82) is 0 Å². The van der Waals surface area contributed by atoms with E-state index in [-0.39, 0.29) is 6.61 Å². The van der Waals surface area contributed by atoms with Crippen molar-refractivity contribution in [3.63, 3.8) is 0 Å². The number of nitrogens with one attached hydrogen (secondary N) is 2. The SMILES string of the molecule is CN=C(NCc1cccc(COCC(F)(F)F)c1)NCc1cc(C(C)C)no1. The van der Waals surface area contributed by atoms with Crippen LogP contribution in [0.5, 0.6) is 0 Å². The van der Waals surface area contributed by atoms with Gasteiger partial charge >= 0.3 is 6.18 Å². The Balaban J connectivity index is 1.81. The third-order valence-corrected chi connectivity index (χ3v) is 3.81. The maximum absolute atomic E-state index is 12.2. The summed E-state index contributed by atoms with van der Waals surface area (Å²) in [6.45, 7) is 3.62. The molecule has 0 spiro atoms. The second-order valence-corrected chi connectivity index (χ2v) is 6.58. The van der Waals surface area contributed by atoms with Gasteiger partial charge in [-0.25, -0.2) is 0 Å². The van der Waals surface area contributed by atoms with Crippen LogP contribution in [0.3, 0.4) is 0 Å². The van der Waals surface area contributed by atoms with Crippen molar-refractivity contribution in [3.05, 3.63) is 52.9 Å². The van der Waals surface area contributed by atoms with Gasteiger partial charge in [0.05, 0.1) is 18.8 Å². The van der Waals surface area contributed by atoms with E-state index in [1.54, 1.807) is 25.2 Å². The standard InChI is InChI=1S/C19H25F3N4O2/c1-13(2)17-8-16(28-26-17)10-25-18(23-3)24-9-14-5-4-6-15(7-14)11-27-12-19(20,21)22/h4-8,13H,9-12H2,1-3H3,(H2,23,24,25). The summed E-state index contributed by atoms with van der Waals surface area (Å²) in [7, 11) is 1.65. The minimum atomic E-state index is -4.32. The van der Waals surface area contributed by atoms with E-state index in [4.69, 9.17) is 9.26 Å². The zero-order chi connectivity index (χ0) is 20.6. The van der Waals surface area contributed by atoms with Crippen LogP contribution in [0, 0.1) is 0 Å². The first-order chi connectivity index (χ1) is 13.3. The zero-order valence-electron chi connectivity index (χ0n) is 16.1. The molecule has 0 aliphatic rings. The molecule has 0 saturated heterocycles. The largest absolute Gasteiger partial charge is 0.411 e. The number of halogens is 3. The first-order valence-corrected chi connectivity index (χ1v) is 8.89. The minimum absolute atomic E-state index is 0.0933. The van der Waals surface area contributed by atoms with Crippen LogP contribution in [-0.2, 0) is 24.4 Å². The highest BCUT2D eigenvalue weighted by molar-refractivity contribution is 5.79. The number of hydrogen-bond acceptors (Lipinski definition) is 4. The van der Waals surface area contributed by atoms with Gasteiger partial charge < -0.3 is 19.9 Å². The molecule has 1 aromatic carbocycles. The predicted molar refractivity (Wildman–Crippen MR) is 99.8 cm³/mol. The van der Waals surface area contributed by atoms with Gasteiger partial charge in [-0.3, -0.25) is 4.99 Å². The summed E-state index contributed by atoms with van der Waals surface area (Å²) in [5.41, 5.74) is 2.47. The highest BCUT2D eigenvalue weighted by atomic mass is 19.4. The average Bonchev–Trinajstić information content (AvgIpc) is 3.10. The van der Waals surface area contributed by atoms with Crippen molar-refractivity contribution in [3.8, 4) is 0 Å². The van der Waals surface area contributed by atoms with Gasteiger partial charge in [0.1, 0.15) is 6.61 Å². The highest BCUT2D eigenvalue weighted by Gasteiger charge is 2.27. The van der Waals surface area contributed by atoms with Crippen LogP contribution in [0.4, 0.5) is 13.2 Å². The van der Waals surface area contributed by atoms with E-state index in [0.29, 0.717) is 36.3 Å². The van der Waals surface area contributed by atoms with E-state index >= 15 is 0 Å². The van der Waals surface area contributed by atoms with Crippen LogP contribution < -0.4 is 10.6 Å². The topological polar surface area (TPSA) is 71.7 Å². The lowest BCUT2D eigenvalue weighted by atomic mass is 10.1. The molecule has 0 radical (unpaired) electrons. The van der Waals surface area contributed by atoms with Crippen molar-refractivity contribution < 1.29 is 22.4 Å². The first-order valence-electron chi connectivity index (χ1n) is 8.89. The maximum atomic E-state index is 12.2. The number of benzene rings is 1. The van der Waals surface area contributed by atoms with Gasteiger partial charge in [0.25, 0.3) is 0 Å². The van der Waals surface area contributed by atoms with Crippen molar-refractivity contribution >= 4 is 5.96 Å². The van der Waals surface area contributed by atoms with Crippen LogP contribution in [0.2, 0.25) is 0 Å². The molecule has 2 N–H and O–H groups in total. The molecule has 154 valence electrons. The molecule has 0 fully saturated rings. The maximum Gasteiger partial charge on any atom is 0.411 e. The summed E-state index contributed by atoms with van der Waals surface area (Å²) in [5, 5.41) is 10.3. The normalized spacial score (nSPS) is 12.5. The Labute approximate surface area is 162 Å². The summed E-state index contributed by atoms with van der Waals surface area (Å²) in [5.74, 6) is 1.57. The number of alkyl halides is 3. The average molecular weight is 398 g/mol. The monoisotopic (exact) mass is 398 g/mol. The molecule has 2 rings (SSSR count). The fraction of sp³-hybridized carbons (Fsp3) is 0.474. The molecule has 1 aromatic heterocycles. The molecule has 9 heteroatoms. The molecule has 0 aliphatic heterocycles. The Morgan fingerprint density at radius 1 is 1.18 bits per heavy atom. The lowest BCUT2D eigenvalue weighted by molar-refractivity contribution is -0.176. The molecule has 0 aliphatic carbocycles. The van der Waals surface area contributed by atoms with E-state index in [1.807, 2.05) is 26.0 Å². The third-order valence-electron chi connectivity index (χ3n) is 3.81. The number of hydrogen-bond donors (Lipinski definition) is 2. The Bertz CT molecular complexity index is 773. The number of rotatable bonds is 8. The van der Waals surface area contributed by atoms with Gasteiger partial charge in [-0.05, 0) is 17.0 Å². The van der Waals surface area contributed by atoms with E-state index in [0.717, 1.165) is 11.3 Å². The summed E-state index contributed by atoms with van der Waals surface area (Å²) in [6, 6.07) is 9.07. The van der Waals surface area contributed by atoms with Gasteiger partial charge in [-0.2, -0.15) is 13.2 Å². The highest BCUT2D eigenvalue weighted by Crippen LogP contribution is 2.16. The fourth-order valence-corrected chi connectivity index (χ4v) is 2.38. The quantitative estimate of drug-likeness (QED) is 0.524. The van der Waals surface area contributed by atoms with Gasteiger partial charge in [-0.1, -0.05) is 43.3 Å². The molecule has 0 bridgehead atoms. The van der Waals surface area contributed by atoms with E-state index < -0.39 is 12.8 Å². The molecule has 0 saturated carbocycles. The molecule has 28 heavy (non-hydrogen) atoms. The van der Waals surface area contributed by atoms with Crippen LogP contribution in [-0.4, -0.2) is 30.9 Å². The molecule has 1 heterocycles. The predicted octanol–water partition coefficient (Wildman–Crippen LogP) is 3.74. The van der Waals surface area contributed by atoms with Crippen molar-refractivity contribution in [2.45, 2.75) is 45.6 Å². The molecular weight excluding hydrogens is 373 g/mol. The molecule has 2 aromatic rings. The van der Waals surface area contributed by atoms with E-state index in [9.17, 15) is 13.2 Å². The number of guanidine groups is 1. The Kier molecular flexibility index (Phi) is 7.86. The minimum Gasteiger partial charge on any atom is -0.367 e. The third kappa shape index (κ3) is 7.59. The molecule has 0 unspecified atom stereocenters. The molecule has 6 nitrogen and oxygen atoms in total. The van der Waals surface area contributed by atoms with Crippen LogP contribution in [0.15, 0.2) is 39.8 Å². The Morgan fingerprint density at radius 3 is 2.54 bits per heavy atom. The van der Waals surface area contributed by atoms with Gasteiger partial charge in [0, 0.05) is 19.7 Å². The molecular formula is C19H25F3N4O2. The van der Waals surface area contributed by atoms with Crippen molar-refractivity contribution in [1.82, 2.24) is 15.8 Å². The van der Waals surface area contributed by atoms with E-state index in [2.05, 4.69) is 20.8 Å². The Hall–Kier alpha value is -2.55. The summed E-state index contributed by atoms with van der Waals surface area (Å²) in [4.78, 5) is 4.14. The molecule has 0 amide bonds. The zero-order valence-corrected chi connectivity index (χ0v) is 16.1. The van der Waals surface area contributed by atoms with Gasteiger partial charge in [-0.15, -0.1) is 0 Å². The number of aliphatic imine (C=N–C) groups is 1. The summed E-state index contributed by atoms with van der Waals surface area (Å²) >= 11 is 0. The van der Waals surface area contributed by atoms with Crippen molar-refractivity contribution in [2.24, 2.45) is 4.99 Å². The smallest absolute Gasteiger partial charge is 0.367 e. The summed E-state index contributed by atoms with van der Waals surface area (Å²) < 4.78 is 46.4. The van der Waals surface area contributed by atoms with Crippen molar-refractivity contribution in [2.75, 3.05) is 13.7 Å².